The van der Waals surface area contributed by atoms with E-state index in [1.54, 1.807) is 0 Å². The zero-order valence-corrected chi connectivity index (χ0v) is 12.9. The Kier molecular flexibility index (Phi) is 5.76. The maximum atomic E-state index is 13.4. The third kappa shape index (κ3) is 5.29. The fraction of sp³-hybridized carbons (Fsp3) is 0.467. The molecule has 1 saturated carbocycles. The van der Waals surface area contributed by atoms with Gasteiger partial charge in [0, 0.05) is 10.9 Å². The minimum Gasteiger partial charge on any atom is -0.455 e. The molecule has 1 aromatic rings. The van der Waals surface area contributed by atoms with Gasteiger partial charge >= 0.3 is 5.97 Å². The molecule has 0 radical (unpaired) electrons. The van der Waals surface area contributed by atoms with E-state index in [9.17, 15) is 18.4 Å². The van der Waals surface area contributed by atoms with E-state index in [0.717, 1.165) is 42.8 Å². The van der Waals surface area contributed by atoms with Gasteiger partial charge in [-0.25, -0.2) is 8.78 Å². The molecule has 1 fully saturated rings. The predicted octanol–water partition coefficient (Wildman–Crippen LogP) is 2.51. The number of hydrogen-bond donors (Lipinski definition) is 1. The molecule has 0 aromatic heterocycles. The van der Waals surface area contributed by atoms with Gasteiger partial charge in [0.15, 0.2) is 6.61 Å². The molecule has 2 rings (SSSR count). The molecule has 4 nitrogen and oxygen atoms in total. The molecule has 1 N–H and O–H groups in total. The molecule has 0 bridgehead atoms. The number of nitrogens with one attached hydrogen (secondary N) is 1. The van der Waals surface area contributed by atoms with Crippen LogP contribution in [-0.2, 0) is 14.3 Å². The van der Waals surface area contributed by atoms with Crippen LogP contribution in [0.2, 0.25) is 0 Å². The lowest BCUT2D eigenvalue weighted by atomic mass is 10.2. The van der Waals surface area contributed by atoms with Crippen molar-refractivity contribution < 1.29 is 23.1 Å². The predicted molar refractivity (Wildman–Crippen MR) is 78.4 cm³/mol. The van der Waals surface area contributed by atoms with E-state index in [0.29, 0.717) is 5.92 Å². The molecule has 1 atom stereocenters. The van der Waals surface area contributed by atoms with E-state index >= 15 is 0 Å². The van der Waals surface area contributed by atoms with Crippen LogP contribution in [0.3, 0.4) is 0 Å². The molecule has 0 unspecified atom stereocenters. The summed E-state index contributed by atoms with van der Waals surface area (Å²) in [5.74, 6) is -1.85. The summed E-state index contributed by atoms with van der Waals surface area (Å²) in [6.45, 7) is 1.56. The smallest absolute Gasteiger partial charge is 0.316 e. The fourth-order valence-corrected chi connectivity index (χ4v) is 2.68. The SMILES string of the molecule is C[C@H](NC(=O)COC(=O)CSc1cc(F)ccc1F)C1CC1. The molecule has 0 heterocycles. The minimum atomic E-state index is -0.650. The summed E-state index contributed by atoms with van der Waals surface area (Å²) in [6.07, 6.45) is 2.22. The van der Waals surface area contributed by atoms with Gasteiger partial charge in [-0.1, -0.05) is 0 Å². The van der Waals surface area contributed by atoms with Gasteiger partial charge in [0.25, 0.3) is 5.91 Å². The molecule has 1 aliphatic rings. The van der Waals surface area contributed by atoms with Crippen LogP contribution in [0.1, 0.15) is 19.8 Å². The van der Waals surface area contributed by atoms with Gasteiger partial charge in [-0.15, -0.1) is 11.8 Å². The summed E-state index contributed by atoms with van der Waals surface area (Å²) >= 11 is 0.829. The zero-order valence-electron chi connectivity index (χ0n) is 12.1. The molecule has 1 aromatic carbocycles. The number of carbonyl (C=O) groups is 2. The molecule has 7 heteroatoms. The van der Waals surface area contributed by atoms with E-state index in [4.69, 9.17) is 4.74 Å². The standard InChI is InChI=1S/C15H17F2NO3S/c1-9(10-2-3-10)18-14(19)7-21-15(20)8-22-13-6-11(16)4-5-12(13)17/h4-6,9-10H,2-3,7-8H2,1H3,(H,18,19)/t9-/m0/s1. The first kappa shape index (κ1) is 16.7. The largest absolute Gasteiger partial charge is 0.455 e. The highest BCUT2D eigenvalue weighted by Crippen LogP contribution is 2.32. The van der Waals surface area contributed by atoms with Gasteiger partial charge in [0.1, 0.15) is 11.6 Å². The first-order chi connectivity index (χ1) is 10.5. The lowest BCUT2D eigenvalue weighted by Gasteiger charge is -2.12. The van der Waals surface area contributed by atoms with E-state index < -0.39 is 17.6 Å². The number of amides is 1. The van der Waals surface area contributed by atoms with Crippen LogP contribution in [0.25, 0.3) is 0 Å². The summed E-state index contributed by atoms with van der Waals surface area (Å²) < 4.78 is 31.1. The maximum Gasteiger partial charge on any atom is 0.316 e. The van der Waals surface area contributed by atoms with Crippen LogP contribution in [0.4, 0.5) is 8.78 Å². The number of benzene rings is 1. The molecule has 1 aliphatic carbocycles. The minimum absolute atomic E-state index is 0.0313. The monoisotopic (exact) mass is 329 g/mol. The zero-order chi connectivity index (χ0) is 16.1. The molecule has 1 amide bonds. The summed E-state index contributed by atoms with van der Waals surface area (Å²) in [7, 11) is 0. The average Bonchev–Trinajstić information content (AvgIpc) is 3.30. The van der Waals surface area contributed by atoms with Crippen LogP contribution in [0.5, 0.6) is 0 Å². The summed E-state index contributed by atoms with van der Waals surface area (Å²) in [4.78, 5) is 23.1. The van der Waals surface area contributed by atoms with Crippen LogP contribution in [0, 0.1) is 17.6 Å². The van der Waals surface area contributed by atoms with Gasteiger partial charge in [-0.2, -0.15) is 0 Å². The van der Waals surface area contributed by atoms with Crippen molar-refractivity contribution in [1.29, 1.82) is 0 Å². The second kappa shape index (κ2) is 7.58. The number of hydrogen-bond acceptors (Lipinski definition) is 4. The van der Waals surface area contributed by atoms with Crippen molar-refractivity contribution in [1.82, 2.24) is 5.32 Å². The number of thioether (sulfide) groups is 1. The maximum absolute atomic E-state index is 13.4. The van der Waals surface area contributed by atoms with E-state index in [-0.39, 0.29) is 29.2 Å². The van der Waals surface area contributed by atoms with Crippen molar-refractivity contribution in [2.24, 2.45) is 5.92 Å². The van der Waals surface area contributed by atoms with Gasteiger partial charge in [-0.05, 0) is 43.9 Å². The number of carbonyl (C=O) groups excluding carboxylic acids is 2. The van der Waals surface area contributed by atoms with Gasteiger partial charge < -0.3 is 10.1 Å². The number of rotatable bonds is 7. The third-order valence-electron chi connectivity index (χ3n) is 3.32. The normalized spacial score (nSPS) is 15.2. The van der Waals surface area contributed by atoms with Crippen LogP contribution in [-0.4, -0.2) is 30.3 Å². The first-order valence-corrected chi connectivity index (χ1v) is 7.97. The van der Waals surface area contributed by atoms with Crippen molar-refractivity contribution in [3.05, 3.63) is 29.8 Å². The van der Waals surface area contributed by atoms with Crippen LogP contribution < -0.4 is 5.32 Å². The quantitative estimate of drug-likeness (QED) is 0.617. The topological polar surface area (TPSA) is 55.4 Å². The van der Waals surface area contributed by atoms with Crippen LogP contribution >= 0.6 is 11.8 Å². The number of esters is 1. The average molecular weight is 329 g/mol. The highest BCUT2D eigenvalue weighted by atomic mass is 32.2. The Morgan fingerprint density at radius 3 is 2.82 bits per heavy atom. The molecule has 0 aliphatic heterocycles. The fourth-order valence-electron chi connectivity index (χ4n) is 1.92. The number of halogens is 2. The van der Waals surface area contributed by atoms with Crippen molar-refractivity contribution in [3.63, 3.8) is 0 Å². The third-order valence-corrected chi connectivity index (χ3v) is 4.32. The summed E-state index contributed by atoms with van der Waals surface area (Å²) in [5, 5.41) is 2.76. The Morgan fingerprint density at radius 2 is 2.14 bits per heavy atom. The Morgan fingerprint density at radius 1 is 1.41 bits per heavy atom. The lowest BCUT2D eigenvalue weighted by molar-refractivity contribution is -0.146. The summed E-state index contributed by atoms with van der Waals surface area (Å²) in [5.41, 5.74) is 0. The Labute approximate surface area is 131 Å². The number of ether oxygens (including phenoxy) is 1. The molecule has 0 saturated heterocycles. The highest BCUT2D eigenvalue weighted by Gasteiger charge is 2.28. The Bertz CT molecular complexity index is 564. The molecule has 120 valence electrons. The van der Waals surface area contributed by atoms with Gasteiger partial charge in [0.05, 0.1) is 5.75 Å². The van der Waals surface area contributed by atoms with Crippen molar-refractivity contribution in [2.45, 2.75) is 30.7 Å². The van der Waals surface area contributed by atoms with Gasteiger partial charge in [-0.3, -0.25) is 9.59 Å². The van der Waals surface area contributed by atoms with Crippen molar-refractivity contribution >= 4 is 23.6 Å². The lowest BCUT2D eigenvalue weighted by Crippen LogP contribution is -2.37. The van der Waals surface area contributed by atoms with E-state index in [1.165, 1.54) is 0 Å². The molecular formula is C15H17F2NO3S. The van der Waals surface area contributed by atoms with Crippen LogP contribution in [0.15, 0.2) is 23.1 Å². The highest BCUT2D eigenvalue weighted by molar-refractivity contribution is 8.00. The molecular weight excluding hydrogens is 312 g/mol. The second-order valence-corrected chi connectivity index (χ2v) is 6.23. The summed E-state index contributed by atoms with van der Waals surface area (Å²) in [6, 6.07) is 3.10. The van der Waals surface area contributed by atoms with Crippen molar-refractivity contribution in [3.8, 4) is 0 Å². The Hall–Kier alpha value is -1.63. The van der Waals surface area contributed by atoms with Gasteiger partial charge in [0.2, 0.25) is 0 Å². The molecule has 22 heavy (non-hydrogen) atoms. The molecule has 0 spiro atoms. The van der Waals surface area contributed by atoms with E-state index in [1.807, 2.05) is 6.92 Å². The van der Waals surface area contributed by atoms with Crippen molar-refractivity contribution in [2.75, 3.05) is 12.4 Å². The Balaban J connectivity index is 1.69. The first-order valence-electron chi connectivity index (χ1n) is 6.98. The second-order valence-electron chi connectivity index (χ2n) is 5.22. The van der Waals surface area contributed by atoms with E-state index in [2.05, 4.69) is 5.32 Å².